The van der Waals surface area contributed by atoms with E-state index in [1.807, 2.05) is 0 Å². The maximum Gasteiger partial charge on any atom is 0.297 e. The molecule has 0 radical (unpaired) electrons. The van der Waals surface area contributed by atoms with Crippen molar-refractivity contribution in [1.82, 2.24) is 4.98 Å². The molecule has 17 heavy (non-hydrogen) atoms. The Labute approximate surface area is 102 Å². The molecule has 1 aromatic heterocycles. The fourth-order valence-corrected chi connectivity index (χ4v) is 1.79. The van der Waals surface area contributed by atoms with Crippen LogP contribution in [0.2, 0.25) is 0 Å². The van der Waals surface area contributed by atoms with Crippen molar-refractivity contribution in [3.8, 4) is 0 Å². The van der Waals surface area contributed by atoms with E-state index in [-0.39, 0.29) is 5.82 Å². The maximum atomic E-state index is 10.9. The zero-order valence-corrected chi connectivity index (χ0v) is 10.6. The zero-order valence-electron chi connectivity index (χ0n) is 9.81. The molecule has 0 aliphatic carbocycles. The highest BCUT2D eigenvalue weighted by Gasteiger charge is 2.07. The lowest BCUT2D eigenvalue weighted by atomic mass is 10.2. The van der Waals surface area contributed by atoms with Crippen LogP contribution in [-0.2, 0) is 10.2 Å². The van der Waals surface area contributed by atoms with Gasteiger partial charge in [-0.3, -0.25) is 4.72 Å². The smallest absolute Gasteiger partial charge is 0.297 e. The average molecular weight is 258 g/mol. The first-order chi connectivity index (χ1) is 8.03. The summed E-state index contributed by atoms with van der Waals surface area (Å²) in [5.41, 5.74) is 0.637. The lowest BCUT2D eigenvalue weighted by Gasteiger charge is -2.10. The van der Waals surface area contributed by atoms with Crippen molar-refractivity contribution in [1.29, 1.82) is 0 Å². The molecule has 0 aliphatic rings. The van der Waals surface area contributed by atoms with Crippen molar-refractivity contribution in [2.24, 2.45) is 5.14 Å². The monoisotopic (exact) mass is 258 g/mol. The van der Waals surface area contributed by atoms with E-state index < -0.39 is 10.2 Å². The Bertz CT molecular complexity index is 447. The van der Waals surface area contributed by atoms with Crippen LogP contribution in [0, 0.1) is 0 Å². The molecule has 6 nitrogen and oxygen atoms in total. The highest BCUT2D eigenvalue weighted by Crippen LogP contribution is 2.18. The summed E-state index contributed by atoms with van der Waals surface area (Å²) in [7, 11) is -3.79. The molecule has 0 amide bonds. The molecule has 4 N–H and O–H groups in total. The van der Waals surface area contributed by atoms with Gasteiger partial charge in [-0.1, -0.05) is 19.8 Å². The topological polar surface area (TPSA) is 97.1 Å². The molecule has 0 fully saturated rings. The minimum absolute atomic E-state index is 0.228. The summed E-state index contributed by atoms with van der Waals surface area (Å²) < 4.78 is 24.0. The number of pyridine rings is 1. The van der Waals surface area contributed by atoms with Gasteiger partial charge in [-0.05, 0) is 18.6 Å². The van der Waals surface area contributed by atoms with E-state index in [1.165, 1.54) is 6.20 Å². The molecule has 7 heteroatoms. The van der Waals surface area contributed by atoms with Crippen LogP contribution in [0.15, 0.2) is 18.3 Å². The molecule has 96 valence electrons. The molecule has 0 aromatic carbocycles. The van der Waals surface area contributed by atoms with E-state index in [0.29, 0.717) is 5.69 Å². The van der Waals surface area contributed by atoms with Crippen LogP contribution in [0.3, 0.4) is 0 Å². The van der Waals surface area contributed by atoms with Gasteiger partial charge in [0.05, 0.1) is 5.69 Å². The van der Waals surface area contributed by atoms with Crippen molar-refractivity contribution in [2.45, 2.75) is 26.2 Å². The van der Waals surface area contributed by atoms with Gasteiger partial charge in [-0.25, -0.2) is 10.1 Å². The van der Waals surface area contributed by atoms with Gasteiger partial charge < -0.3 is 5.32 Å². The van der Waals surface area contributed by atoms with Crippen molar-refractivity contribution in [3.63, 3.8) is 0 Å². The Morgan fingerprint density at radius 3 is 2.82 bits per heavy atom. The van der Waals surface area contributed by atoms with Gasteiger partial charge >= 0.3 is 0 Å². The van der Waals surface area contributed by atoms with Gasteiger partial charge in [0.2, 0.25) is 0 Å². The van der Waals surface area contributed by atoms with Gasteiger partial charge in [0, 0.05) is 12.7 Å². The number of nitrogens with zero attached hydrogens (tertiary/aromatic N) is 1. The Kier molecular flexibility index (Phi) is 5.17. The summed E-state index contributed by atoms with van der Waals surface area (Å²) in [4.78, 5) is 3.93. The third-order valence-corrected chi connectivity index (χ3v) is 2.62. The Morgan fingerprint density at radius 2 is 2.18 bits per heavy atom. The van der Waals surface area contributed by atoms with Crippen molar-refractivity contribution >= 4 is 21.7 Å². The lowest BCUT2D eigenvalue weighted by molar-refractivity contribution is 0.602. The summed E-state index contributed by atoms with van der Waals surface area (Å²) in [5, 5.41) is 8.03. The number of unbranched alkanes of at least 4 members (excludes halogenated alkanes) is 2. The number of hydrogen-bond acceptors (Lipinski definition) is 4. The number of rotatable bonds is 7. The number of nitrogens with one attached hydrogen (secondary N) is 2. The summed E-state index contributed by atoms with van der Waals surface area (Å²) in [6.45, 7) is 2.90. The lowest BCUT2D eigenvalue weighted by Crippen LogP contribution is -2.23. The van der Waals surface area contributed by atoms with E-state index in [2.05, 4.69) is 21.9 Å². The Morgan fingerprint density at radius 1 is 1.41 bits per heavy atom. The maximum absolute atomic E-state index is 10.9. The zero-order chi connectivity index (χ0) is 12.7. The van der Waals surface area contributed by atoms with Crippen molar-refractivity contribution in [3.05, 3.63) is 18.3 Å². The Balaban J connectivity index is 2.64. The summed E-state index contributed by atoms with van der Waals surface area (Å²) in [5.74, 6) is 0.228. The number of hydrogen-bond donors (Lipinski definition) is 3. The predicted molar refractivity (Wildman–Crippen MR) is 69.0 cm³/mol. The van der Waals surface area contributed by atoms with Crippen molar-refractivity contribution in [2.75, 3.05) is 16.6 Å². The summed E-state index contributed by atoms with van der Waals surface area (Å²) >= 11 is 0. The summed E-state index contributed by atoms with van der Waals surface area (Å²) in [6, 6.07) is 3.49. The van der Waals surface area contributed by atoms with Crippen LogP contribution in [-0.4, -0.2) is 19.9 Å². The van der Waals surface area contributed by atoms with E-state index in [9.17, 15) is 8.42 Å². The SMILES string of the molecule is CCCCCNc1cccnc1NS(N)(=O)=O. The van der Waals surface area contributed by atoms with Crippen molar-refractivity contribution < 1.29 is 8.42 Å². The molecular weight excluding hydrogens is 240 g/mol. The molecule has 1 aromatic rings. The second-order valence-electron chi connectivity index (χ2n) is 3.68. The fourth-order valence-electron chi connectivity index (χ4n) is 1.36. The van der Waals surface area contributed by atoms with Crippen LogP contribution >= 0.6 is 0 Å². The third kappa shape index (κ3) is 5.50. The van der Waals surface area contributed by atoms with Crippen LogP contribution in [0.4, 0.5) is 11.5 Å². The highest BCUT2D eigenvalue weighted by atomic mass is 32.2. The van der Waals surface area contributed by atoms with E-state index in [0.717, 1.165) is 25.8 Å². The number of aromatic nitrogens is 1. The fraction of sp³-hybridized carbons (Fsp3) is 0.500. The van der Waals surface area contributed by atoms with Crippen LogP contribution in [0.1, 0.15) is 26.2 Å². The second-order valence-corrected chi connectivity index (χ2v) is 4.97. The molecule has 1 heterocycles. The van der Waals surface area contributed by atoms with E-state index in [1.54, 1.807) is 12.1 Å². The molecule has 0 unspecified atom stereocenters. The van der Waals surface area contributed by atoms with Gasteiger partial charge in [-0.15, -0.1) is 0 Å². The van der Waals surface area contributed by atoms with Crippen LogP contribution in [0.5, 0.6) is 0 Å². The summed E-state index contributed by atoms with van der Waals surface area (Å²) in [6.07, 6.45) is 4.80. The molecule has 0 saturated heterocycles. The van der Waals surface area contributed by atoms with Gasteiger partial charge in [0.15, 0.2) is 5.82 Å². The van der Waals surface area contributed by atoms with Gasteiger partial charge in [0.25, 0.3) is 10.2 Å². The first-order valence-corrected chi connectivity index (χ1v) is 7.07. The van der Waals surface area contributed by atoms with E-state index >= 15 is 0 Å². The van der Waals surface area contributed by atoms with Gasteiger partial charge in [-0.2, -0.15) is 8.42 Å². The first-order valence-electron chi connectivity index (χ1n) is 5.52. The predicted octanol–water partition coefficient (Wildman–Crippen LogP) is 1.30. The van der Waals surface area contributed by atoms with Crippen LogP contribution in [0.25, 0.3) is 0 Å². The number of anilines is 2. The quantitative estimate of drug-likeness (QED) is 0.642. The molecule has 0 saturated carbocycles. The molecule has 1 rings (SSSR count). The first kappa shape index (κ1) is 13.7. The number of nitrogens with two attached hydrogens (primary N) is 1. The minimum atomic E-state index is -3.79. The Hall–Kier alpha value is -1.34. The molecule has 0 aliphatic heterocycles. The van der Waals surface area contributed by atoms with Gasteiger partial charge in [0.1, 0.15) is 0 Å². The molecule has 0 spiro atoms. The average Bonchev–Trinajstić information content (AvgIpc) is 2.24. The third-order valence-electron chi connectivity index (χ3n) is 2.14. The molecular formula is C10H18N4O2S. The molecule has 0 bridgehead atoms. The molecule has 0 atom stereocenters. The second kappa shape index (κ2) is 6.41. The standard InChI is InChI=1S/C10H18N4O2S/c1-2-3-4-7-12-9-6-5-8-13-10(9)14-17(11,15)16/h5-6,8,12H,2-4,7H2,1H3,(H,13,14)(H2,11,15,16). The largest absolute Gasteiger partial charge is 0.382 e. The normalized spacial score (nSPS) is 11.2. The van der Waals surface area contributed by atoms with E-state index in [4.69, 9.17) is 5.14 Å². The minimum Gasteiger partial charge on any atom is -0.382 e. The highest BCUT2D eigenvalue weighted by molar-refractivity contribution is 7.90. The van der Waals surface area contributed by atoms with Crippen LogP contribution < -0.4 is 15.2 Å².